The second-order valence-electron chi connectivity index (χ2n) is 5.94. The maximum atomic E-state index is 5.49. The number of nitrogens with one attached hydrogen (secondary N) is 1. The van der Waals surface area contributed by atoms with Crippen LogP contribution < -0.4 is 5.32 Å². The van der Waals surface area contributed by atoms with E-state index in [4.69, 9.17) is 6.42 Å². The van der Waals surface area contributed by atoms with Gasteiger partial charge in [-0.15, -0.1) is 6.42 Å². The molecule has 0 saturated carbocycles. The molecule has 0 aliphatic rings. The predicted molar refractivity (Wildman–Crippen MR) is 110 cm³/mol. The van der Waals surface area contributed by atoms with Gasteiger partial charge >= 0.3 is 0 Å². The van der Waals surface area contributed by atoms with Gasteiger partial charge in [0.25, 0.3) is 0 Å². The van der Waals surface area contributed by atoms with Crippen molar-refractivity contribution < 1.29 is 0 Å². The molecule has 4 rings (SSSR count). The number of nitrogens with zero attached hydrogens (tertiary/aromatic N) is 3. The summed E-state index contributed by atoms with van der Waals surface area (Å²) in [5, 5.41) is 4.28. The van der Waals surface area contributed by atoms with Crippen LogP contribution in [-0.2, 0) is 0 Å². The van der Waals surface area contributed by atoms with Gasteiger partial charge in [-0.2, -0.15) is 0 Å². The van der Waals surface area contributed by atoms with Crippen LogP contribution >= 0.6 is 0 Å². The summed E-state index contributed by atoms with van der Waals surface area (Å²) in [6.07, 6.45) is 12.8. The monoisotopic (exact) mass is 348 g/mol. The summed E-state index contributed by atoms with van der Waals surface area (Å²) in [5.41, 5.74) is 4.53. The van der Waals surface area contributed by atoms with Crippen molar-refractivity contribution in [3.63, 3.8) is 0 Å². The number of hydrogen-bond acceptors (Lipinski definition) is 4. The van der Waals surface area contributed by atoms with E-state index in [9.17, 15) is 0 Å². The molecule has 27 heavy (non-hydrogen) atoms. The van der Waals surface area contributed by atoms with Gasteiger partial charge in [-0.3, -0.25) is 4.98 Å². The van der Waals surface area contributed by atoms with Gasteiger partial charge in [-0.25, -0.2) is 9.97 Å². The van der Waals surface area contributed by atoms with Gasteiger partial charge in [0.1, 0.15) is 12.1 Å². The summed E-state index contributed by atoms with van der Waals surface area (Å²) in [4.78, 5) is 13.1. The van der Waals surface area contributed by atoms with Crippen LogP contribution in [-0.4, -0.2) is 15.0 Å². The fraction of sp³-hybridized carbons (Fsp3) is 0. The first-order valence-electron chi connectivity index (χ1n) is 8.49. The first-order valence-corrected chi connectivity index (χ1v) is 8.49. The van der Waals surface area contributed by atoms with E-state index in [-0.39, 0.29) is 0 Å². The van der Waals surface area contributed by atoms with Crippen molar-refractivity contribution >= 4 is 34.6 Å². The lowest BCUT2D eigenvalue weighted by molar-refractivity contribution is 1.22. The summed E-state index contributed by atoms with van der Waals surface area (Å²) in [5.74, 6) is 3.38. The van der Waals surface area contributed by atoms with Crippen LogP contribution in [0.4, 0.5) is 11.5 Å². The Balaban J connectivity index is 1.69. The fourth-order valence-corrected chi connectivity index (χ4v) is 2.76. The molecular formula is C23H16N4. The van der Waals surface area contributed by atoms with E-state index < -0.39 is 0 Å². The number of terminal acetylenes is 1. The van der Waals surface area contributed by atoms with Crippen LogP contribution in [0.3, 0.4) is 0 Å². The summed E-state index contributed by atoms with van der Waals surface area (Å²) >= 11 is 0. The number of fused-ring (bicyclic) bond motifs is 1. The second-order valence-corrected chi connectivity index (χ2v) is 5.94. The third-order valence-electron chi connectivity index (χ3n) is 4.09. The van der Waals surface area contributed by atoms with Gasteiger partial charge in [-0.1, -0.05) is 30.2 Å². The maximum Gasteiger partial charge on any atom is 0.141 e. The second kappa shape index (κ2) is 7.51. The smallest absolute Gasteiger partial charge is 0.141 e. The number of pyridine rings is 1. The summed E-state index contributed by atoms with van der Waals surface area (Å²) < 4.78 is 0. The minimum Gasteiger partial charge on any atom is -0.340 e. The zero-order valence-corrected chi connectivity index (χ0v) is 14.5. The number of benzene rings is 2. The van der Waals surface area contributed by atoms with Crippen LogP contribution in [0.15, 0.2) is 73.2 Å². The van der Waals surface area contributed by atoms with Gasteiger partial charge < -0.3 is 5.32 Å². The first kappa shape index (κ1) is 16.5. The molecule has 4 heteroatoms. The predicted octanol–water partition coefficient (Wildman–Crippen LogP) is 4.92. The molecule has 0 fully saturated rings. The molecule has 2 aromatic heterocycles. The quantitative estimate of drug-likeness (QED) is 0.532. The molecule has 0 atom stereocenters. The van der Waals surface area contributed by atoms with Crippen molar-refractivity contribution in [3.05, 3.63) is 90.0 Å². The molecule has 2 heterocycles. The molecule has 0 bridgehead atoms. The first-order chi connectivity index (χ1) is 13.3. The molecule has 0 radical (unpaired) electrons. The zero-order chi connectivity index (χ0) is 18.5. The minimum absolute atomic E-state index is 0.738. The Morgan fingerprint density at radius 2 is 1.85 bits per heavy atom. The van der Waals surface area contributed by atoms with E-state index in [1.54, 1.807) is 12.5 Å². The molecule has 4 aromatic rings. The number of hydrogen-bond donors (Lipinski definition) is 1. The number of aromatic nitrogens is 3. The maximum absolute atomic E-state index is 5.49. The van der Waals surface area contributed by atoms with Crippen LogP contribution in [0, 0.1) is 12.3 Å². The van der Waals surface area contributed by atoms with E-state index in [1.165, 1.54) is 0 Å². The van der Waals surface area contributed by atoms with E-state index in [0.717, 1.165) is 39.2 Å². The van der Waals surface area contributed by atoms with Crippen molar-refractivity contribution in [2.45, 2.75) is 0 Å². The molecule has 128 valence electrons. The van der Waals surface area contributed by atoms with E-state index >= 15 is 0 Å². The van der Waals surface area contributed by atoms with Gasteiger partial charge in [0.05, 0.1) is 11.2 Å². The van der Waals surface area contributed by atoms with E-state index in [1.807, 2.05) is 66.7 Å². The van der Waals surface area contributed by atoms with Crippen LogP contribution in [0.5, 0.6) is 0 Å². The molecule has 0 saturated heterocycles. The Morgan fingerprint density at radius 3 is 2.70 bits per heavy atom. The number of rotatable bonds is 4. The molecule has 1 N–H and O–H groups in total. The summed E-state index contributed by atoms with van der Waals surface area (Å²) in [6, 6.07) is 19.6. The third kappa shape index (κ3) is 3.83. The largest absolute Gasteiger partial charge is 0.340 e. The highest BCUT2D eigenvalue weighted by Crippen LogP contribution is 2.25. The lowest BCUT2D eigenvalue weighted by Crippen LogP contribution is -1.96. The lowest BCUT2D eigenvalue weighted by Gasteiger charge is -2.09. The van der Waals surface area contributed by atoms with E-state index in [2.05, 4.69) is 32.3 Å². The van der Waals surface area contributed by atoms with E-state index in [0.29, 0.717) is 0 Å². The third-order valence-corrected chi connectivity index (χ3v) is 4.09. The minimum atomic E-state index is 0.738. The van der Waals surface area contributed by atoms with Crippen LogP contribution in [0.25, 0.3) is 23.1 Å². The highest BCUT2D eigenvalue weighted by atomic mass is 15.0. The Bertz CT molecular complexity index is 1160. The summed E-state index contributed by atoms with van der Waals surface area (Å²) in [7, 11) is 0. The van der Waals surface area contributed by atoms with Gasteiger partial charge in [0, 0.05) is 22.8 Å². The Kier molecular flexibility index (Phi) is 4.59. The fourth-order valence-electron chi connectivity index (χ4n) is 2.76. The molecule has 0 amide bonds. The molecule has 4 nitrogen and oxygen atoms in total. The summed E-state index contributed by atoms with van der Waals surface area (Å²) in [6.45, 7) is 0. The normalized spacial score (nSPS) is 10.8. The standard InChI is InChI=1S/C23H16N4/c1-2-17-6-5-8-20(14-17)27-23-21-15-18(10-12-22(21)25-16-26-23)9-11-19-7-3-4-13-24-19/h1,3-16H,(H,25,26,27). The Labute approximate surface area is 157 Å². The van der Waals surface area contributed by atoms with Crippen molar-refractivity contribution in [2.75, 3.05) is 5.32 Å². The Hall–Kier alpha value is -3.97. The van der Waals surface area contributed by atoms with Crippen LogP contribution in [0.2, 0.25) is 0 Å². The van der Waals surface area contributed by atoms with Crippen molar-refractivity contribution in [2.24, 2.45) is 0 Å². The molecule has 0 spiro atoms. The Morgan fingerprint density at radius 1 is 0.889 bits per heavy atom. The topological polar surface area (TPSA) is 50.7 Å². The van der Waals surface area contributed by atoms with Gasteiger partial charge in [-0.05, 0) is 54.1 Å². The van der Waals surface area contributed by atoms with Gasteiger partial charge in [0.15, 0.2) is 0 Å². The molecular weight excluding hydrogens is 332 g/mol. The molecule has 0 aliphatic carbocycles. The number of anilines is 2. The molecule has 0 aliphatic heterocycles. The SMILES string of the molecule is C#Cc1cccc(Nc2ncnc3ccc(C=Cc4ccccn4)cc23)c1. The average Bonchev–Trinajstić information content (AvgIpc) is 2.73. The zero-order valence-electron chi connectivity index (χ0n) is 14.5. The molecule has 0 unspecified atom stereocenters. The highest BCUT2D eigenvalue weighted by Gasteiger charge is 2.05. The van der Waals surface area contributed by atoms with Crippen molar-refractivity contribution in [1.29, 1.82) is 0 Å². The van der Waals surface area contributed by atoms with Crippen molar-refractivity contribution in [3.8, 4) is 12.3 Å². The van der Waals surface area contributed by atoms with Gasteiger partial charge in [0.2, 0.25) is 0 Å². The average molecular weight is 348 g/mol. The molecule has 2 aromatic carbocycles. The highest BCUT2D eigenvalue weighted by molar-refractivity contribution is 5.92. The van der Waals surface area contributed by atoms with Crippen molar-refractivity contribution in [1.82, 2.24) is 15.0 Å². The lowest BCUT2D eigenvalue weighted by atomic mass is 10.1. The van der Waals surface area contributed by atoms with Crippen LogP contribution in [0.1, 0.15) is 16.8 Å².